The van der Waals surface area contributed by atoms with Crippen LogP contribution in [0.1, 0.15) is 50.7 Å². The highest BCUT2D eigenvalue weighted by atomic mass is 35.5. The lowest BCUT2D eigenvalue weighted by atomic mass is 9.72. The lowest BCUT2D eigenvalue weighted by Gasteiger charge is -2.35. The van der Waals surface area contributed by atoms with Crippen molar-refractivity contribution < 1.29 is 23.9 Å². The standard InChI is InChI=1S/C26H29ClN2O5/c1-4-14-34-24-20(27)15-17(16-21(24)33-3)6-11-22(30)28-19-9-7-18(8-10-19)26(5-2)13-12-23(31)29-25(26)32/h6-11,15-16H,4-5,12-14H2,1-3H3,(H,28,30)(H,29,31,32)/b11-6+. The van der Waals surface area contributed by atoms with Crippen molar-refractivity contribution in [2.24, 2.45) is 0 Å². The fourth-order valence-corrected chi connectivity index (χ4v) is 4.25. The largest absolute Gasteiger partial charge is 0.493 e. The molecule has 1 saturated heterocycles. The molecule has 0 aliphatic carbocycles. The van der Waals surface area contributed by atoms with Crippen LogP contribution in [0, 0.1) is 0 Å². The number of ether oxygens (including phenoxy) is 2. The second-order valence-corrected chi connectivity index (χ2v) is 8.50. The van der Waals surface area contributed by atoms with Crippen molar-refractivity contribution in [2.45, 2.75) is 44.9 Å². The topological polar surface area (TPSA) is 93.7 Å². The molecule has 0 saturated carbocycles. The van der Waals surface area contributed by atoms with Crippen LogP contribution in [0.5, 0.6) is 11.5 Å². The monoisotopic (exact) mass is 484 g/mol. The molecule has 1 heterocycles. The van der Waals surface area contributed by atoms with Crippen molar-refractivity contribution in [3.05, 3.63) is 58.6 Å². The fourth-order valence-electron chi connectivity index (χ4n) is 3.97. The first-order chi connectivity index (χ1) is 16.3. The van der Waals surface area contributed by atoms with E-state index in [2.05, 4.69) is 10.6 Å². The van der Waals surface area contributed by atoms with Gasteiger partial charge in [0.05, 0.1) is 24.2 Å². The molecule has 0 spiro atoms. The van der Waals surface area contributed by atoms with Gasteiger partial charge in [-0.25, -0.2) is 0 Å². The molecule has 3 rings (SSSR count). The molecule has 7 nitrogen and oxygen atoms in total. The highest BCUT2D eigenvalue weighted by molar-refractivity contribution is 6.32. The van der Waals surface area contributed by atoms with E-state index < -0.39 is 5.41 Å². The van der Waals surface area contributed by atoms with Gasteiger partial charge in [0.25, 0.3) is 0 Å². The van der Waals surface area contributed by atoms with Gasteiger partial charge in [-0.05, 0) is 60.7 Å². The van der Waals surface area contributed by atoms with Crippen LogP contribution >= 0.6 is 11.6 Å². The molecule has 1 fully saturated rings. The summed E-state index contributed by atoms with van der Waals surface area (Å²) in [5, 5.41) is 5.65. The van der Waals surface area contributed by atoms with E-state index in [0.717, 1.165) is 12.0 Å². The van der Waals surface area contributed by atoms with Gasteiger partial charge in [0.2, 0.25) is 17.7 Å². The average Bonchev–Trinajstić information content (AvgIpc) is 2.83. The molecular formula is C26H29ClN2O5. The number of carbonyl (C=O) groups excluding carboxylic acids is 3. The molecule has 1 unspecified atom stereocenters. The molecule has 2 N–H and O–H groups in total. The summed E-state index contributed by atoms with van der Waals surface area (Å²) in [4.78, 5) is 36.5. The van der Waals surface area contributed by atoms with Gasteiger partial charge in [-0.2, -0.15) is 0 Å². The van der Waals surface area contributed by atoms with Crippen LogP contribution < -0.4 is 20.1 Å². The Bertz CT molecular complexity index is 1100. The Morgan fingerprint density at radius 2 is 1.94 bits per heavy atom. The van der Waals surface area contributed by atoms with Crippen LogP contribution in [0.4, 0.5) is 5.69 Å². The van der Waals surface area contributed by atoms with Gasteiger partial charge in [-0.3, -0.25) is 19.7 Å². The number of hydrogen-bond acceptors (Lipinski definition) is 5. The Morgan fingerprint density at radius 1 is 1.21 bits per heavy atom. The number of imide groups is 1. The van der Waals surface area contributed by atoms with Crippen molar-refractivity contribution in [1.29, 1.82) is 0 Å². The molecule has 34 heavy (non-hydrogen) atoms. The van der Waals surface area contributed by atoms with Crippen molar-refractivity contribution in [1.82, 2.24) is 5.32 Å². The number of methoxy groups -OCH3 is 1. The third-order valence-corrected chi connectivity index (χ3v) is 6.19. The average molecular weight is 485 g/mol. The number of piperidine rings is 1. The van der Waals surface area contributed by atoms with Gasteiger partial charge in [0, 0.05) is 18.2 Å². The number of rotatable bonds is 9. The third-order valence-electron chi connectivity index (χ3n) is 5.90. The summed E-state index contributed by atoms with van der Waals surface area (Å²) in [5.74, 6) is 0.141. The normalized spacial score (nSPS) is 18.0. The number of nitrogens with one attached hydrogen (secondary N) is 2. The Morgan fingerprint density at radius 3 is 2.56 bits per heavy atom. The maximum atomic E-state index is 12.5. The van der Waals surface area contributed by atoms with E-state index in [4.69, 9.17) is 21.1 Å². The summed E-state index contributed by atoms with van der Waals surface area (Å²) in [7, 11) is 1.53. The Hall–Kier alpha value is -3.32. The number of carbonyl (C=O) groups is 3. The van der Waals surface area contributed by atoms with E-state index in [9.17, 15) is 14.4 Å². The minimum Gasteiger partial charge on any atom is -0.493 e. The maximum absolute atomic E-state index is 12.5. The number of amides is 3. The van der Waals surface area contributed by atoms with E-state index >= 15 is 0 Å². The minimum absolute atomic E-state index is 0.244. The second kappa shape index (κ2) is 11.2. The summed E-state index contributed by atoms with van der Waals surface area (Å²) >= 11 is 6.33. The Balaban J connectivity index is 1.69. The number of halogens is 1. The summed E-state index contributed by atoms with van der Waals surface area (Å²) in [6, 6.07) is 10.6. The van der Waals surface area contributed by atoms with Crippen LogP contribution in [0.3, 0.4) is 0 Å². The molecule has 2 aromatic carbocycles. The van der Waals surface area contributed by atoms with Crippen LogP contribution in [-0.4, -0.2) is 31.4 Å². The van der Waals surface area contributed by atoms with E-state index in [1.165, 1.54) is 13.2 Å². The van der Waals surface area contributed by atoms with E-state index in [1.54, 1.807) is 30.3 Å². The molecule has 3 amide bonds. The number of hydrogen-bond donors (Lipinski definition) is 2. The van der Waals surface area contributed by atoms with Gasteiger partial charge in [-0.15, -0.1) is 0 Å². The van der Waals surface area contributed by atoms with Crippen LogP contribution in [0.2, 0.25) is 5.02 Å². The summed E-state index contributed by atoms with van der Waals surface area (Å²) in [6.45, 7) is 4.45. The molecule has 0 bridgehead atoms. The van der Waals surface area contributed by atoms with Crippen LogP contribution in [-0.2, 0) is 19.8 Å². The smallest absolute Gasteiger partial charge is 0.248 e. The zero-order valence-corrected chi connectivity index (χ0v) is 20.3. The van der Waals surface area contributed by atoms with Gasteiger partial charge < -0.3 is 14.8 Å². The van der Waals surface area contributed by atoms with E-state index in [0.29, 0.717) is 53.6 Å². The SMILES string of the molecule is CCCOc1c(Cl)cc(/C=C/C(=O)Nc2ccc(C3(CC)CCC(=O)NC3=O)cc2)cc1OC. The van der Waals surface area contributed by atoms with E-state index in [-0.39, 0.29) is 17.7 Å². The van der Waals surface area contributed by atoms with E-state index in [1.807, 2.05) is 26.0 Å². The molecular weight excluding hydrogens is 456 g/mol. The number of anilines is 1. The van der Waals surface area contributed by atoms with Gasteiger partial charge >= 0.3 is 0 Å². The van der Waals surface area contributed by atoms with Gasteiger partial charge in [0.15, 0.2) is 11.5 Å². The zero-order valence-electron chi connectivity index (χ0n) is 19.6. The van der Waals surface area contributed by atoms with Crippen molar-refractivity contribution in [3.8, 4) is 11.5 Å². The first kappa shape index (κ1) is 25.3. The maximum Gasteiger partial charge on any atom is 0.248 e. The predicted octanol–water partition coefficient (Wildman–Crippen LogP) is 4.87. The van der Waals surface area contributed by atoms with Crippen molar-refractivity contribution in [2.75, 3.05) is 19.0 Å². The molecule has 2 aromatic rings. The van der Waals surface area contributed by atoms with Crippen molar-refractivity contribution >= 4 is 41.1 Å². The third kappa shape index (κ3) is 5.59. The molecule has 1 aliphatic rings. The highest BCUT2D eigenvalue weighted by Gasteiger charge is 2.42. The Kier molecular flexibility index (Phi) is 8.34. The molecule has 1 atom stereocenters. The molecule has 8 heteroatoms. The lowest BCUT2D eigenvalue weighted by Crippen LogP contribution is -2.51. The minimum atomic E-state index is -0.734. The first-order valence-corrected chi connectivity index (χ1v) is 11.6. The fraction of sp³-hybridized carbons (Fsp3) is 0.346. The highest BCUT2D eigenvalue weighted by Crippen LogP contribution is 2.37. The lowest BCUT2D eigenvalue weighted by molar-refractivity contribution is -0.138. The summed E-state index contributed by atoms with van der Waals surface area (Å²) < 4.78 is 11.0. The molecule has 0 aromatic heterocycles. The second-order valence-electron chi connectivity index (χ2n) is 8.10. The van der Waals surface area contributed by atoms with Gasteiger partial charge in [0.1, 0.15) is 0 Å². The first-order valence-electron chi connectivity index (χ1n) is 11.3. The number of benzene rings is 2. The summed E-state index contributed by atoms with van der Waals surface area (Å²) in [6.07, 6.45) is 5.24. The quantitative estimate of drug-likeness (QED) is 0.391. The molecule has 180 valence electrons. The van der Waals surface area contributed by atoms with Crippen molar-refractivity contribution in [3.63, 3.8) is 0 Å². The molecule has 0 radical (unpaired) electrons. The molecule has 1 aliphatic heterocycles. The van der Waals surface area contributed by atoms with Crippen LogP contribution in [0.15, 0.2) is 42.5 Å². The van der Waals surface area contributed by atoms with Crippen LogP contribution in [0.25, 0.3) is 6.08 Å². The zero-order chi connectivity index (χ0) is 24.7. The summed E-state index contributed by atoms with van der Waals surface area (Å²) in [5.41, 5.74) is 1.37. The predicted molar refractivity (Wildman–Crippen MR) is 132 cm³/mol. The Labute approximate surface area is 204 Å². The van der Waals surface area contributed by atoms with Gasteiger partial charge in [-0.1, -0.05) is 37.6 Å².